The lowest BCUT2D eigenvalue weighted by Crippen LogP contribution is -1.92. The highest BCUT2D eigenvalue weighted by molar-refractivity contribution is 5.75. The maximum absolute atomic E-state index is 10.3. The van der Waals surface area contributed by atoms with Gasteiger partial charge in [0.05, 0.1) is 0 Å². The SMILES string of the molecule is O=CNc1cccc(C=Cc2ccncc2)c1. The lowest BCUT2D eigenvalue weighted by molar-refractivity contribution is -0.105. The fraction of sp³-hybridized carbons (Fsp3) is 0. The number of benzene rings is 1. The van der Waals surface area contributed by atoms with E-state index in [1.54, 1.807) is 12.4 Å². The van der Waals surface area contributed by atoms with Gasteiger partial charge in [0.1, 0.15) is 0 Å². The summed E-state index contributed by atoms with van der Waals surface area (Å²) in [6.07, 6.45) is 8.17. The Labute approximate surface area is 99.8 Å². The van der Waals surface area contributed by atoms with Crippen LogP contribution in [0.2, 0.25) is 0 Å². The van der Waals surface area contributed by atoms with Crippen LogP contribution in [0.15, 0.2) is 48.8 Å². The minimum atomic E-state index is 0.672. The first-order chi connectivity index (χ1) is 8.38. The summed E-state index contributed by atoms with van der Waals surface area (Å²) in [5.74, 6) is 0. The fourth-order valence-electron chi connectivity index (χ4n) is 1.47. The average Bonchev–Trinajstić information content (AvgIpc) is 2.39. The second kappa shape index (κ2) is 5.61. The number of anilines is 1. The minimum absolute atomic E-state index is 0.672. The van der Waals surface area contributed by atoms with Crippen molar-refractivity contribution in [3.05, 3.63) is 59.9 Å². The van der Waals surface area contributed by atoms with Crippen LogP contribution in [0, 0.1) is 0 Å². The molecule has 0 saturated carbocycles. The molecule has 0 aliphatic rings. The Balaban J connectivity index is 2.15. The summed E-state index contributed by atoms with van der Waals surface area (Å²) in [5, 5.41) is 2.62. The van der Waals surface area contributed by atoms with Gasteiger partial charge < -0.3 is 5.32 Å². The standard InChI is InChI=1S/C14H12N2O/c17-11-16-14-3-1-2-13(10-14)5-4-12-6-8-15-9-7-12/h1-11H,(H,16,17). The second-order valence-corrected chi connectivity index (χ2v) is 3.50. The van der Waals surface area contributed by atoms with Crippen molar-refractivity contribution >= 4 is 24.2 Å². The summed E-state index contributed by atoms with van der Waals surface area (Å²) in [6.45, 7) is 0. The molecular weight excluding hydrogens is 212 g/mol. The Morgan fingerprint density at radius 2 is 1.76 bits per heavy atom. The van der Waals surface area contributed by atoms with Crippen LogP contribution in [0.1, 0.15) is 11.1 Å². The molecule has 1 aromatic carbocycles. The van der Waals surface area contributed by atoms with Crippen LogP contribution in [0.5, 0.6) is 0 Å². The molecule has 0 saturated heterocycles. The van der Waals surface area contributed by atoms with E-state index in [2.05, 4.69) is 10.3 Å². The third-order valence-corrected chi connectivity index (χ3v) is 2.29. The van der Waals surface area contributed by atoms with E-state index in [1.807, 2.05) is 48.6 Å². The molecule has 1 aromatic heterocycles. The van der Waals surface area contributed by atoms with Crippen molar-refractivity contribution in [1.29, 1.82) is 0 Å². The maximum atomic E-state index is 10.3. The zero-order valence-corrected chi connectivity index (χ0v) is 9.21. The number of rotatable bonds is 4. The van der Waals surface area contributed by atoms with Crippen LogP contribution in [0.25, 0.3) is 12.2 Å². The van der Waals surface area contributed by atoms with Gasteiger partial charge in [0, 0.05) is 18.1 Å². The van der Waals surface area contributed by atoms with Crippen LogP contribution in [0.4, 0.5) is 5.69 Å². The summed E-state index contributed by atoms with van der Waals surface area (Å²) in [6, 6.07) is 11.5. The van der Waals surface area contributed by atoms with Crippen molar-refractivity contribution in [2.75, 3.05) is 5.32 Å². The van der Waals surface area contributed by atoms with E-state index >= 15 is 0 Å². The first-order valence-corrected chi connectivity index (χ1v) is 5.27. The molecule has 3 nitrogen and oxygen atoms in total. The third-order valence-electron chi connectivity index (χ3n) is 2.29. The maximum Gasteiger partial charge on any atom is 0.211 e. The fourth-order valence-corrected chi connectivity index (χ4v) is 1.47. The van der Waals surface area contributed by atoms with Gasteiger partial charge in [0.2, 0.25) is 6.41 Å². The number of pyridine rings is 1. The van der Waals surface area contributed by atoms with Gasteiger partial charge in [-0.15, -0.1) is 0 Å². The molecule has 1 N–H and O–H groups in total. The van der Waals surface area contributed by atoms with Gasteiger partial charge in [-0.1, -0.05) is 24.3 Å². The highest BCUT2D eigenvalue weighted by atomic mass is 16.1. The molecule has 2 aromatic rings. The molecule has 1 amide bonds. The molecule has 0 fully saturated rings. The summed E-state index contributed by atoms with van der Waals surface area (Å²) < 4.78 is 0. The zero-order chi connectivity index (χ0) is 11.9. The monoisotopic (exact) mass is 224 g/mol. The molecule has 0 spiro atoms. The highest BCUT2D eigenvalue weighted by Crippen LogP contribution is 2.12. The molecule has 0 atom stereocenters. The molecule has 0 aliphatic heterocycles. The van der Waals surface area contributed by atoms with E-state index in [0.29, 0.717) is 6.41 Å². The largest absolute Gasteiger partial charge is 0.329 e. The first kappa shape index (κ1) is 11.1. The highest BCUT2D eigenvalue weighted by Gasteiger charge is 1.91. The van der Waals surface area contributed by atoms with Gasteiger partial charge in [0.25, 0.3) is 0 Å². The number of hydrogen-bond acceptors (Lipinski definition) is 2. The lowest BCUT2D eigenvalue weighted by atomic mass is 10.1. The number of carbonyl (C=O) groups excluding carboxylic acids is 1. The first-order valence-electron chi connectivity index (χ1n) is 5.27. The van der Waals surface area contributed by atoms with Crippen LogP contribution in [-0.2, 0) is 4.79 Å². The van der Waals surface area contributed by atoms with Gasteiger partial charge in [-0.3, -0.25) is 9.78 Å². The van der Waals surface area contributed by atoms with Crippen molar-refractivity contribution < 1.29 is 4.79 Å². The van der Waals surface area contributed by atoms with Gasteiger partial charge in [-0.05, 0) is 35.4 Å². The van der Waals surface area contributed by atoms with E-state index in [1.165, 1.54) is 0 Å². The summed E-state index contributed by atoms with van der Waals surface area (Å²) >= 11 is 0. The summed E-state index contributed by atoms with van der Waals surface area (Å²) in [5.41, 5.74) is 2.92. The zero-order valence-electron chi connectivity index (χ0n) is 9.21. The predicted octanol–water partition coefficient (Wildman–Crippen LogP) is 2.82. The molecule has 84 valence electrons. The van der Waals surface area contributed by atoms with Crippen molar-refractivity contribution in [2.45, 2.75) is 0 Å². The smallest absolute Gasteiger partial charge is 0.211 e. The Morgan fingerprint density at radius 3 is 2.53 bits per heavy atom. The number of nitrogens with one attached hydrogen (secondary N) is 1. The normalized spacial score (nSPS) is 10.4. The van der Waals surface area contributed by atoms with E-state index < -0.39 is 0 Å². The van der Waals surface area contributed by atoms with E-state index in [9.17, 15) is 4.79 Å². The Hall–Kier alpha value is -2.42. The molecule has 1 heterocycles. The molecule has 0 unspecified atom stereocenters. The number of aromatic nitrogens is 1. The van der Waals surface area contributed by atoms with Crippen LogP contribution < -0.4 is 5.32 Å². The number of nitrogens with zero attached hydrogens (tertiary/aromatic N) is 1. The molecule has 17 heavy (non-hydrogen) atoms. The molecule has 0 aliphatic carbocycles. The van der Waals surface area contributed by atoms with Crippen molar-refractivity contribution in [2.24, 2.45) is 0 Å². The summed E-state index contributed by atoms with van der Waals surface area (Å²) in [7, 11) is 0. The molecular formula is C14H12N2O. The quantitative estimate of drug-likeness (QED) is 0.811. The van der Waals surface area contributed by atoms with Gasteiger partial charge in [-0.2, -0.15) is 0 Å². The van der Waals surface area contributed by atoms with Crippen LogP contribution >= 0.6 is 0 Å². The molecule has 3 heteroatoms. The Kier molecular flexibility index (Phi) is 3.65. The third kappa shape index (κ3) is 3.28. The Bertz CT molecular complexity index is 521. The topological polar surface area (TPSA) is 42.0 Å². The van der Waals surface area contributed by atoms with E-state index in [4.69, 9.17) is 0 Å². The van der Waals surface area contributed by atoms with Crippen LogP contribution in [0.3, 0.4) is 0 Å². The number of carbonyl (C=O) groups is 1. The van der Waals surface area contributed by atoms with Crippen molar-refractivity contribution in [3.8, 4) is 0 Å². The van der Waals surface area contributed by atoms with E-state index in [0.717, 1.165) is 16.8 Å². The van der Waals surface area contributed by atoms with Crippen molar-refractivity contribution in [3.63, 3.8) is 0 Å². The Morgan fingerprint density at radius 1 is 1.00 bits per heavy atom. The predicted molar refractivity (Wildman–Crippen MR) is 69.3 cm³/mol. The van der Waals surface area contributed by atoms with Gasteiger partial charge in [0.15, 0.2) is 0 Å². The lowest BCUT2D eigenvalue weighted by Gasteiger charge is -1.99. The van der Waals surface area contributed by atoms with Gasteiger partial charge in [-0.25, -0.2) is 0 Å². The molecule has 0 bridgehead atoms. The molecule has 2 rings (SSSR count). The van der Waals surface area contributed by atoms with Gasteiger partial charge >= 0.3 is 0 Å². The van der Waals surface area contributed by atoms with E-state index in [-0.39, 0.29) is 0 Å². The summed E-state index contributed by atoms with van der Waals surface area (Å²) in [4.78, 5) is 14.3. The average molecular weight is 224 g/mol. The minimum Gasteiger partial charge on any atom is -0.329 e. The number of hydrogen-bond donors (Lipinski definition) is 1. The van der Waals surface area contributed by atoms with Crippen molar-refractivity contribution in [1.82, 2.24) is 4.98 Å². The number of amides is 1. The van der Waals surface area contributed by atoms with Crippen LogP contribution in [-0.4, -0.2) is 11.4 Å². The molecule has 0 radical (unpaired) electrons. The second-order valence-electron chi connectivity index (χ2n) is 3.50.